The Kier molecular flexibility index (Phi) is 4.95. The number of aromatic carboxylic acids is 1. The highest BCUT2D eigenvalue weighted by Gasteiger charge is 2.36. The van der Waals surface area contributed by atoms with Gasteiger partial charge in [-0.3, -0.25) is 4.79 Å². The van der Waals surface area contributed by atoms with Crippen molar-refractivity contribution in [2.24, 2.45) is 0 Å². The molecule has 1 aliphatic rings. The van der Waals surface area contributed by atoms with Crippen LogP contribution in [-0.4, -0.2) is 59.5 Å². The molecular weight excluding hydrogens is 334 g/mol. The van der Waals surface area contributed by atoms with E-state index in [9.17, 15) is 18.0 Å². The molecule has 1 aromatic heterocycles. The lowest BCUT2D eigenvalue weighted by molar-refractivity contribution is 0.0701. The Morgan fingerprint density at radius 3 is 2.62 bits per heavy atom. The van der Waals surface area contributed by atoms with Gasteiger partial charge in [0.25, 0.3) is 5.91 Å². The first kappa shape index (κ1) is 16.3. The number of hydrogen-bond donors (Lipinski definition) is 1. The van der Waals surface area contributed by atoms with E-state index < -0.39 is 27.1 Å². The molecule has 1 aliphatic heterocycles. The van der Waals surface area contributed by atoms with Gasteiger partial charge in [-0.25, -0.2) is 13.2 Å². The van der Waals surface area contributed by atoms with Crippen LogP contribution in [-0.2, 0) is 9.84 Å². The molecule has 0 spiro atoms. The Balaban J connectivity index is 2.28. The lowest BCUT2D eigenvalue weighted by atomic mass is 10.3. The van der Waals surface area contributed by atoms with Gasteiger partial charge in [-0.05, 0) is 12.1 Å². The molecular formula is C12H15NO5S3. The summed E-state index contributed by atoms with van der Waals surface area (Å²) in [7, 11) is -3.36. The number of carbonyl (C=O) groups is 2. The molecule has 116 valence electrons. The molecule has 0 aromatic carbocycles. The van der Waals surface area contributed by atoms with Crippen LogP contribution in [0.4, 0.5) is 0 Å². The summed E-state index contributed by atoms with van der Waals surface area (Å²) in [5.74, 6) is -0.481. The van der Waals surface area contributed by atoms with Gasteiger partial charge in [0.1, 0.15) is 10.3 Å². The number of carboxylic acids is 1. The third-order valence-electron chi connectivity index (χ3n) is 3.19. The van der Waals surface area contributed by atoms with Gasteiger partial charge in [-0.2, -0.15) is 11.8 Å². The number of carboxylic acid groups (broad SMARTS) is 1. The summed E-state index contributed by atoms with van der Waals surface area (Å²) in [6.45, 7) is 1.92. The minimum atomic E-state index is -3.36. The van der Waals surface area contributed by atoms with Gasteiger partial charge in [-0.15, -0.1) is 11.3 Å². The minimum Gasteiger partial charge on any atom is -0.477 e. The van der Waals surface area contributed by atoms with Crippen molar-refractivity contribution in [1.29, 1.82) is 0 Å². The number of thioether (sulfide) groups is 1. The molecule has 1 saturated heterocycles. The second kappa shape index (κ2) is 6.37. The first-order valence-corrected chi connectivity index (χ1v) is 9.99. The van der Waals surface area contributed by atoms with Crippen LogP contribution in [0, 0.1) is 0 Å². The lowest BCUT2D eigenvalue weighted by Gasteiger charge is -2.34. The first-order valence-electron chi connectivity index (χ1n) is 6.30. The normalized spacial score (nSPS) is 19.5. The SMILES string of the molecule is CCS(=O)(=O)C1CSCCN1C(=O)c1ccc(C(=O)O)s1. The van der Waals surface area contributed by atoms with Crippen LogP contribution in [0.15, 0.2) is 12.1 Å². The van der Waals surface area contributed by atoms with Gasteiger partial charge in [0.05, 0.1) is 4.88 Å². The highest BCUT2D eigenvalue weighted by molar-refractivity contribution is 8.01. The topological polar surface area (TPSA) is 91.8 Å². The van der Waals surface area contributed by atoms with E-state index in [1.54, 1.807) is 6.92 Å². The quantitative estimate of drug-likeness (QED) is 0.883. The summed E-state index contributed by atoms with van der Waals surface area (Å²) >= 11 is 2.38. The summed E-state index contributed by atoms with van der Waals surface area (Å²) in [5.41, 5.74) is 0. The van der Waals surface area contributed by atoms with Crippen molar-refractivity contribution in [1.82, 2.24) is 4.90 Å². The molecule has 1 unspecified atom stereocenters. The molecule has 0 radical (unpaired) electrons. The largest absolute Gasteiger partial charge is 0.477 e. The minimum absolute atomic E-state index is 0.0210. The number of sulfone groups is 1. The fourth-order valence-electron chi connectivity index (χ4n) is 2.01. The van der Waals surface area contributed by atoms with Crippen molar-refractivity contribution >= 4 is 44.8 Å². The van der Waals surface area contributed by atoms with Crippen LogP contribution >= 0.6 is 23.1 Å². The van der Waals surface area contributed by atoms with E-state index in [1.165, 1.54) is 28.8 Å². The third-order valence-corrected chi connectivity index (χ3v) is 7.54. The molecule has 1 aromatic rings. The van der Waals surface area contributed by atoms with Crippen molar-refractivity contribution in [2.45, 2.75) is 12.3 Å². The van der Waals surface area contributed by atoms with E-state index in [0.29, 0.717) is 18.1 Å². The molecule has 1 fully saturated rings. The molecule has 0 bridgehead atoms. The van der Waals surface area contributed by atoms with E-state index in [0.717, 1.165) is 11.3 Å². The number of amides is 1. The molecule has 9 heteroatoms. The predicted molar refractivity (Wildman–Crippen MR) is 82.9 cm³/mol. The fraction of sp³-hybridized carbons (Fsp3) is 0.500. The van der Waals surface area contributed by atoms with Crippen LogP contribution in [0.1, 0.15) is 26.3 Å². The smallest absolute Gasteiger partial charge is 0.345 e. The molecule has 2 rings (SSSR count). The Hall–Kier alpha value is -1.06. The molecule has 2 heterocycles. The van der Waals surface area contributed by atoms with Crippen LogP contribution in [0.25, 0.3) is 0 Å². The molecule has 1 amide bonds. The van der Waals surface area contributed by atoms with Crippen LogP contribution < -0.4 is 0 Å². The van der Waals surface area contributed by atoms with Crippen molar-refractivity contribution in [3.63, 3.8) is 0 Å². The summed E-state index contributed by atoms with van der Waals surface area (Å²) in [6.07, 6.45) is 0. The summed E-state index contributed by atoms with van der Waals surface area (Å²) in [5, 5.41) is 8.07. The second-order valence-corrected chi connectivity index (χ2v) is 9.13. The molecule has 6 nitrogen and oxygen atoms in total. The highest BCUT2D eigenvalue weighted by atomic mass is 32.2. The zero-order chi connectivity index (χ0) is 15.6. The molecule has 1 atom stereocenters. The highest BCUT2D eigenvalue weighted by Crippen LogP contribution is 2.26. The van der Waals surface area contributed by atoms with Gasteiger partial charge in [0, 0.05) is 23.8 Å². The van der Waals surface area contributed by atoms with Gasteiger partial charge < -0.3 is 10.0 Å². The van der Waals surface area contributed by atoms with Gasteiger partial charge >= 0.3 is 5.97 Å². The first-order chi connectivity index (χ1) is 9.86. The third kappa shape index (κ3) is 3.41. The molecule has 21 heavy (non-hydrogen) atoms. The van der Waals surface area contributed by atoms with Crippen molar-refractivity contribution in [3.05, 3.63) is 21.9 Å². The van der Waals surface area contributed by atoms with E-state index in [1.807, 2.05) is 0 Å². The van der Waals surface area contributed by atoms with E-state index in [-0.39, 0.29) is 15.5 Å². The maximum Gasteiger partial charge on any atom is 0.345 e. The van der Waals surface area contributed by atoms with Crippen molar-refractivity contribution < 1.29 is 23.1 Å². The monoisotopic (exact) mass is 349 g/mol. The summed E-state index contributed by atoms with van der Waals surface area (Å²) < 4.78 is 24.2. The molecule has 0 aliphatic carbocycles. The zero-order valence-electron chi connectivity index (χ0n) is 11.3. The summed E-state index contributed by atoms with van der Waals surface area (Å²) in [4.78, 5) is 25.0. The zero-order valence-corrected chi connectivity index (χ0v) is 13.8. The number of nitrogens with zero attached hydrogens (tertiary/aromatic N) is 1. The lowest BCUT2D eigenvalue weighted by Crippen LogP contribution is -2.50. The maximum atomic E-state index is 12.5. The second-order valence-electron chi connectivity index (χ2n) is 4.45. The number of hydrogen-bond acceptors (Lipinski definition) is 6. The Bertz CT molecular complexity index is 652. The average molecular weight is 349 g/mol. The van der Waals surface area contributed by atoms with E-state index >= 15 is 0 Å². The average Bonchev–Trinajstić information content (AvgIpc) is 2.96. The fourth-order valence-corrected chi connectivity index (χ4v) is 5.78. The maximum absolute atomic E-state index is 12.5. The Morgan fingerprint density at radius 2 is 2.05 bits per heavy atom. The van der Waals surface area contributed by atoms with Gasteiger partial charge in [0.2, 0.25) is 0 Å². The van der Waals surface area contributed by atoms with Gasteiger partial charge in [0.15, 0.2) is 9.84 Å². The Labute approximate surface area is 131 Å². The number of thiophene rings is 1. The van der Waals surface area contributed by atoms with Crippen molar-refractivity contribution in [3.8, 4) is 0 Å². The summed E-state index contributed by atoms with van der Waals surface area (Å²) in [6, 6.07) is 2.80. The predicted octanol–water partition coefficient (Wildman–Crippen LogP) is 1.40. The number of carbonyl (C=O) groups excluding carboxylic acids is 1. The van der Waals surface area contributed by atoms with Crippen LogP contribution in [0.3, 0.4) is 0 Å². The van der Waals surface area contributed by atoms with E-state index in [4.69, 9.17) is 5.11 Å². The van der Waals surface area contributed by atoms with Crippen LogP contribution in [0.2, 0.25) is 0 Å². The van der Waals surface area contributed by atoms with Crippen molar-refractivity contribution in [2.75, 3.05) is 23.8 Å². The standard InChI is InChI=1S/C12H15NO5S3/c1-2-21(17,18)10-7-19-6-5-13(10)11(14)8-3-4-9(20-8)12(15)16/h3-4,10H,2,5-7H2,1H3,(H,15,16). The van der Waals surface area contributed by atoms with Gasteiger partial charge in [-0.1, -0.05) is 6.92 Å². The Morgan fingerprint density at radius 1 is 1.38 bits per heavy atom. The van der Waals surface area contributed by atoms with E-state index in [2.05, 4.69) is 0 Å². The number of rotatable bonds is 4. The molecule has 1 N–H and O–H groups in total. The molecule has 0 saturated carbocycles. The van der Waals surface area contributed by atoms with Crippen LogP contribution in [0.5, 0.6) is 0 Å².